The fraction of sp³-hybridized carbons (Fsp3) is 0.278. The van der Waals surface area contributed by atoms with Gasteiger partial charge in [0.05, 0.1) is 13.2 Å². The number of benzene rings is 2. The van der Waals surface area contributed by atoms with Crippen molar-refractivity contribution in [1.82, 2.24) is 5.32 Å². The maximum atomic E-state index is 12.5. The third kappa shape index (κ3) is 4.07. The molecular weight excluding hydrogens is 292 g/mol. The molecule has 0 aliphatic heterocycles. The summed E-state index contributed by atoms with van der Waals surface area (Å²) in [6.07, 6.45) is 1.22. The van der Waals surface area contributed by atoms with E-state index in [4.69, 9.17) is 10.00 Å². The van der Waals surface area contributed by atoms with E-state index in [0.29, 0.717) is 24.8 Å². The van der Waals surface area contributed by atoms with Crippen molar-refractivity contribution in [2.45, 2.75) is 25.3 Å². The quantitative estimate of drug-likeness (QED) is 0.657. The van der Waals surface area contributed by atoms with Crippen LogP contribution >= 0.6 is 0 Å². The van der Waals surface area contributed by atoms with Crippen LogP contribution in [0.1, 0.15) is 29.6 Å². The lowest BCUT2D eigenvalue weighted by molar-refractivity contribution is -0.143. The molecule has 0 heterocycles. The minimum Gasteiger partial charge on any atom is -0.467 e. The first-order valence-corrected chi connectivity index (χ1v) is 7.40. The first-order chi connectivity index (χ1) is 11.2. The lowest BCUT2D eigenvalue weighted by Crippen LogP contribution is -2.41. The van der Waals surface area contributed by atoms with E-state index in [1.54, 1.807) is 12.1 Å². The Balaban J connectivity index is 2.20. The van der Waals surface area contributed by atoms with Gasteiger partial charge in [-0.25, -0.2) is 4.79 Å². The second-order valence-corrected chi connectivity index (χ2v) is 5.13. The van der Waals surface area contributed by atoms with Crippen LogP contribution in [0.4, 0.5) is 0 Å². The van der Waals surface area contributed by atoms with Gasteiger partial charge in [0.25, 0.3) is 5.91 Å². The molecule has 1 N–H and O–H groups in total. The van der Waals surface area contributed by atoms with Crippen molar-refractivity contribution in [3.05, 3.63) is 48.0 Å². The molecule has 0 spiro atoms. The number of nitrogens with zero attached hydrogens (tertiary/aromatic N) is 1. The van der Waals surface area contributed by atoms with E-state index in [1.807, 2.05) is 36.4 Å². The molecule has 0 saturated carbocycles. The topological polar surface area (TPSA) is 79.2 Å². The Morgan fingerprint density at radius 3 is 2.70 bits per heavy atom. The van der Waals surface area contributed by atoms with Gasteiger partial charge in [-0.15, -0.1) is 0 Å². The van der Waals surface area contributed by atoms with Gasteiger partial charge in [-0.2, -0.15) is 5.26 Å². The molecule has 0 bridgehead atoms. The highest BCUT2D eigenvalue weighted by Gasteiger charge is 2.22. The summed E-state index contributed by atoms with van der Waals surface area (Å²) in [7, 11) is 1.28. The van der Waals surface area contributed by atoms with E-state index in [2.05, 4.69) is 5.32 Å². The summed E-state index contributed by atoms with van der Waals surface area (Å²) in [6.45, 7) is 0. The second kappa shape index (κ2) is 7.95. The SMILES string of the molecule is COC(=O)[C@@H](CCCC#N)NC(=O)c1cccc2ccccc12. The van der Waals surface area contributed by atoms with Crippen LogP contribution in [0.5, 0.6) is 0 Å². The average Bonchev–Trinajstić information content (AvgIpc) is 2.59. The monoisotopic (exact) mass is 310 g/mol. The molecule has 5 nitrogen and oxygen atoms in total. The van der Waals surface area contributed by atoms with Gasteiger partial charge in [0.1, 0.15) is 6.04 Å². The van der Waals surface area contributed by atoms with E-state index in [0.717, 1.165) is 10.8 Å². The zero-order chi connectivity index (χ0) is 16.7. The van der Waals surface area contributed by atoms with Gasteiger partial charge in [-0.3, -0.25) is 4.79 Å². The van der Waals surface area contributed by atoms with Gasteiger partial charge in [0, 0.05) is 12.0 Å². The van der Waals surface area contributed by atoms with Crippen molar-refractivity contribution in [2.75, 3.05) is 7.11 Å². The Morgan fingerprint density at radius 1 is 1.22 bits per heavy atom. The summed E-state index contributed by atoms with van der Waals surface area (Å²) in [5.41, 5.74) is 0.511. The van der Waals surface area contributed by atoms with Gasteiger partial charge in [-0.1, -0.05) is 36.4 Å². The third-order valence-corrected chi connectivity index (χ3v) is 3.61. The predicted molar refractivity (Wildman–Crippen MR) is 86.7 cm³/mol. The number of rotatable bonds is 6. The average molecular weight is 310 g/mol. The van der Waals surface area contributed by atoms with Crippen LogP contribution in [0.15, 0.2) is 42.5 Å². The van der Waals surface area contributed by atoms with Gasteiger partial charge in [0.2, 0.25) is 0 Å². The number of unbranched alkanes of at least 4 members (excludes halogenated alkanes) is 1. The minimum absolute atomic E-state index is 0.325. The van der Waals surface area contributed by atoms with E-state index >= 15 is 0 Å². The maximum absolute atomic E-state index is 12.5. The molecule has 0 radical (unpaired) electrons. The van der Waals surface area contributed by atoms with Crippen LogP contribution in [0, 0.1) is 11.3 Å². The molecule has 2 aromatic carbocycles. The molecular formula is C18H18N2O3. The Hall–Kier alpha value is -2.87. The van der Waals surface area contributed by atoms with Crippen LogP contribution in [0.3, 0.4) is 0 Å². The molecule has 118 valence electrons. The van der Waals surface area contributed by atoms with Crippen molar-refractivity contribution in [1.29, 1.82) is 5.26 Å². The fourth-order valence-electron chi connectivity index (χ4n) is 2.44. The normalized spacial score (nSPS) is 11.5. The van der Waals surface area contributed by atoms with Gasteiger partial charge in [-0.05, 0) is 29.7 Å². The summed E-state index contributed by atoms with van der Waals surface area (Å²) >= 11 is 0. The van der Waals surface area contributed by atoms with Gasteiger partial charge < -0.3 is 10.1 Å². The van der Waals surface area contributed by atoms with E-state index in [-0.39, 0.29) is 5.91 Å². The summed E-state index contributed by atoms with van der Waals surface area (Å²) in [4.78, 5) is 24.4. The maximum Gasteiger partial charge on any atom is 0.328 e. The molecule has 2 aromatic rings. The number of ether oxygens (including phenoxy) is 1. The van der Waals surface area contributed by atoms with Crippen molar-refractivity contribution in [3.8, 4) is 6.07 Å². The predicted octanol–water partition coefficient (Wildman–Crippen LogP) is 2.81. The smallest absolute Gasteiger partial charge is 0.328 e. The standard InChI is InChI=1S/C18H18N2O3/c1-23-18(22)16(11-4-5-12-19)20-17(21)15-10-6-8-13-7-2-3-9-14(13)15/h2-3,6-10,16H,4-5,11H2,1H3,(H,20,21)/t16-/m1/s1. The molecule has 0 unspecified atom stereocenters. The Labute approximate surface area is 134 Å². The Kier molecular flexibility index (Phi) is 5.70. The molecule has 5 heteroatoms. The molecule has 0 aromatic heterocycles. The highest BCUT2D eigenvalue weighted by Crippen LogP contribution is 2.18. The number of nitriles is 1. The van der Waals surface area contributed by atoms with Gasteiger partial charge >= 0.3 is 5.97 Å². The van der Waals surface area contributed by atoms with Crippen molar-refractivity contribution in [2.24, 2.45) is 0 Å². The number of methoxy groups -OCH3 is 1. The molecule has 2 rings (SSSR count). The van der Waals surface area contributed by atoms with Crippen molar-refractivity contribution < 1.29 is 14.3 Å². The molecule has 1 atom stereocenters. The summed E-state index contributed by atoms with van der Waals surface area (Å²) in [5.74, 6) is -0.828. The highest BCUT2D eigenvalue weighted by molar-refractivity contribution is 6.07. The summed E-state index contributed by atoms with van der Waals surface area (Å²) in [6, 6.07) is 14.3. The number of esters is 1. The van der Waals surface area contributed by atoms with Crippen LogP contribution in [0.25, 0.3) is 10.8 Å². The first kappa shape index (κ1) is 16.5. The molecule has 1 amide bonds. The number of fused-ring (bicyclic) bond motifs is 1. The van der Waals surface area contributed by atoms with E-state index in [1.165, 1.54) is 7.11 Å². The third-order valence-electron chi connectivity index (χ3n) is 3.61. The van der Waals surface area contributed by atoms with Crippen LogP contribution < -0.4 is 5.32 Å². The van der Waals surface area contributed by atoms with Gasteiger partial charge in [0.15, 0.2) is 0 Å². The molecule has 23 heavy (non-hydrogen) atoms. The summed E-state index contributed by atoms with van der Waals surface area (Å²) in [5, 5.41) is 13.1. The number of nitrogens with one attached hydrogen (secondary N) is 1. The Morgan fingerprint density at radius 2 is 1.96 bits per heavy atom. The first-order valence-electron chi connectivity index (χ1n) is 7.40. The zero-order valence-corrected chi connectivity index (χ0v) is 12.9. The van der Waals surface area contributed by atoms with Crippen LogP contribution in [0.2, 0.25) is 0 Å². The lowest BCUT2D eigenvalue weighted by Gasteiger charge is -2.16. The largest absolute Gasteiger partial charge is 0.467 e. The van der Waals surface area contributed by atoms with Crippen molar-refractivity contribution >= 4 is 22.6 Å². The number of hydrogen-bond acceptors (Lipinski definition) is 4. The van der Waals surface area contributed by atoms with Crippen molar-refractivity contribution in [3.63, 3.8) is 0 Å². The fourth-order valence-corrected chi connectivity index (χ4v) is 2.44. The number of carbonyl (C=O) groups excluding carboxylic acids is 2. The molecule has 0 aliphatic rings. The second-order valence-electron chi connectivity index (χ2n) is 5.13. The summed E-state index contributed by atoms with van der Waals surface area (Å²) < 4.78 is 4.73. The van der Waals surface area contributed by atoms with E-state index < -0.39 is 12.0 Å². The lowest BCUT2D eigenvalue weighted by atomic mass is 10.0. The van der Waals surface area contributed by atoms with Crippen LogP contribution in [-0.2, 0) is 9.53 Å². The number of hydrogen-bond donors (Lipinski definition) is 1. The molecule has 0 aliphatic carbocycles. The number of amides is 1. The molecule has 0 saturated heterocycles. The minimum atomic E-state index is -0.750. The van der Waals surface area contributed by atoms with Crippen LogP contribution in [-0.4, -0.2) is 25.0 Å². The highest BCUT2D eigenvalue weighted by atomic mass is 16.5. The molecule has 0 fully saturated rings. The van der Waals surface area contributed by atoms with E-state index in [9.17, 15) is 9.59 Å². The number of carbonyl (C=O) groups is 2. The zero-order valence-electron chi connectivity index (χ0n) is 12.9. The Bertz CT molecular complexity index is 744.